The van der Waals surface area contributed by atoms with Crippen LogP contribution in [-0.2, 0) is 0 Å². The fourth-order valence-electron chi connectivity index (χ4n) is 1.95. The minimum absolute atomic E-state index is 0.0474. The minimum atomic E-state index is -0.227. The van der Waals surface area contributed by atoms with Crippen molar-refractivity contribution in [3.63, 3.8) is 0 Å². The first-order valence-electron chi connectivity index (χ1n) is 6.32. The van der Waals surface area contributed by atoms with Gasteiger partial charge in [0.1, 0.15) is 5.69 Å². The van der Waals surface area contributed by atoms with Crippen molar-refractivity contribution in [2.24, 2.45) is 10.9 Å². The first-order chi connectivity index (χ1) is 10.0. The van der Waals surface area contributed by atoms with E-state index in [4.69, 9.17) is 10.9 Å². The number of amidine groups is 1. The maximum Gasteiger partial charge on any atom is 0.276 e. The van der Waals surface area contributed by atoms with Crippen molar-refractivity contribution < 1.29 is 10.0 Å². The van der Waals surface area contributed by atoms with E-state index in [0.717, 1.165) is 11.3 Å². The molecule has 0 unspecified atom stereocenters. The number of aryl methyl sites for hydroxylation is 1. The maximum absolute atomic E-state index is 12.4. The van der Waals surface area contributed by atoms with Crippen molar-refractivity contribution in [3.05, 3.63) is 59.4 Å². The summed E-state index contributed by atoms with van der Waals surface area (Å²) in [6.07, 6.45) is 1.40. The van der Waals surface area contributed by atoms with Gasteiger partial charge < -0.3 is 15.8 Å². The summed E-state index contributed by atoms with van der Waals surface area (Å²) in [5.74, 6) is -0.274. The van der Waals surface area contributed by atoms with Crippen LogP contribution >= 0.6 is 0 Å². The van der Waals surface area contributed by atoms with Gasteiger partial charge in [-0.15, -0.1) is 0 Å². The predicted octanol–water partition coefficient (Wildman–Crippen LogP) is 1.76. The molecule has 0 atom stereocenters. The van der Waals surface area contributed by atoms with Gasteiger partial charge in [-0.25, -0.2) is 0 Å². The van der Waals surface area contributed by atoms with Crippen LogP contribution in [0.4, 0.5) is 5.69 Å². The second-order valence-corrected chi connectivity index (χ2v) is 4.57. The van der Waals surface area contributed by atoms with Gasteiger partial charge in [-0.2, -0.15) is 0 Å². The summed E-state index contributed by atoms with van der Waals surface area (Å²) in [4.78, 5) is 18.0. The van der Waals surface area contributed by atoms with Gasteiger partial charge in [0.2, 0.25) is 0 Å². The monoisotopic (exact) mass is 284 g/mol. The molecule has 0 saturated heterocycles. The number of oxime groups is 1. The van der Waals surface area contributed by atoms with Crippen LogP contribution in [0, 0.1) is 6.92 Å². The standard InChI is InChI=1S/C15H16N4O2/c1-10-5-3-4-6-13(10)19(2)15(20)12-8-7-11(9-17-12)14(16)18-21/h3-9,21H,1-2H3,(H2,16,18). The Morgan fingerprint density at radius 1 is 1.29 bits per heavy atom. The fourth-order valence-corrected chi connectivity index (χ4v) is 1.95. The molecule has 0 fully saturated rings. The number of aromatic nitrogens is 1. The molecule has 0 aliphatic heterocycles. The molecule has 2 rings (SSSR count). The third kappa shape index (κ3) is 3.00. The Morgan fingerprint density at radius 2 is 2.00 bits per heavy atom. The summed E-state index contributed by atoms with van der Waals surface area (Å²) in [7, 11) is 1.70. The number of hydrogen-bond donors (Lipinski definition) is 2. The summed E-state index contributed by atoms with van der Waals surface area (Å²) in [6.45, 7) is 1.94. The highest BCUT2D eigenvalue weighted by atomic mass is 16.4. The molecule has 0 aliphatic carbocycles. The average molecular weight is 284 g/mol. The smallest absolute Gasteiger partial charge is 0.276 e. The summed E-state index contributed by atoms with van der Waals surface area (Å²) in [5.41, 5.74) is 8.02. The van der Waals surface area contributed by atoms with Crippen LogP contribution in [0.5, 0.6) is 0 Å². The van der Waals surface area contributed by atoms with E-state index in [1.807, 2.05) is 31.2 Å². The number of pyridine rings is 1. The molecule has 108 valence electrons. The average Bonchev–Trinajstić information content (AvgIpc) is 2.53. The van der Waals surface area contributed by atoms with Crippen LogP contribution in [0.1, 0.15) is 21.6 Å². The van der Waals surface area contributed by atoms with Gasteiger partial charge in [0.25, 0.3) is 5.91 Å². The zero-order chi connectivity index (χ0) is 15.4. The van der Waals surface area contributed by atoms with Gasteiger partial charge >= 0.3 is 0 Å². The van der Waals surface area contributed by atoms with Gasteiger partial charge in [-0.3, -0.25) is 9.78 Å². The Morgan fingerprint density at radius 3 is 2.57 bits per heavy atom. The minimum Gasteiger partial charge on any atom is -0.409 e. The molecule has 6 nitrogen and oxygen atoms in total. The molecule has 0 bridgehead atoms. The van der Waals surface area contributed by atoms with E-state index < -0.39 is 0 Å². The van der Waals surface area contributed by atoms with Crippen molar-refractivity contribution >= 4 is 17.4 Å². The van der Waals surface area contributed by atoms with Crippen molar-refractivity contribution in [2.75, 3.05) is 11.9 Å². The fraction of sp³-hybridized carbons (Fsp3) is 0.133. The van der Waals surface area contributed by atoms with Crippen molar-refractivity contribution in [2.45, 2.75) is 6.92 Å². The van der Waals surface area contributed by atoms with E-state index >= 15 is 0 Å². The van der Waals surface area contributed by atoms with Crippen LogP contribution in [0.2, 0.25) is 0 Å². The molecule has 3 N–H and O–H groups in total. The van der Waals surface area contributed by atoms with Gasteiger partial charge in [-0.1, -0.05) is 23.4 Å². The van der Waals surface area contributed by atoms with Crippen LogP contribution < -0.4 is 10.6 Å². The number of rotatable bonds is 3. The van der Waals surface area contributed by atoms with E-state index in [0.29, 0.717) is 5.56 Å². The lowest BCUT2D eigenvalue weighted by Crippen LogP contribution is -2.28. The van der Waals surface area contributed by atoms with Crippen molar-refractivity contribution in [3.8, 4) is 0 Å². The van der Waals surface area contributed by atoms with Crippen LogP contribution in [0.15, 0.2) is 47.8 Å². The predicted molar refractivity (Wildman–Crippen MR) is 80.7 cm³/mol. The topological polar surface area (TPSA) is 91.8 Å². The lowest BCUT2D eigenvalue weighted by molar-refractivity contribution is 0.0988. The maximum atomic E-state index is 12.4. The number of para-hydroxylation sites is 1. The van der Waals surface area contributed by atoms with Gasteiger partial charge in [0.05, 0.1) is 0 Å². The zero-order valence-electron chi connectivity index (χ0n) is 11.8. The molecular weight excluding hydrogens is 268 g/mol. The molecular formula is C15H16N4O2. The number of benzene rings is 1. The molecule has 0 saturated carbocycles. The molecule has 0 radical (unpaired) electrons. The molecule has 1 aromatic carbocycles. The van der Waals surface area contributed by atoms with E-state index in [-0.39, 0.29) is 17.4 Å². The van der Waals surface area contributed by atoms with E-state index in [1.165, 1.54) is 6.20 Å². The van der Waals surface area contributed by atoms with Gasteiger partial charge in [-0.05, 0) is 30.7 Å². The summed E-state index contributed by atoms with van der Waals surface area (Å²) in [5, 5.41) is 11.5. The van der Waals surface area contributed by atoms with Gasteiger partial charge in [0.15, 0.2) is 5.84 Å². The largest absolute Gasteiger partial charge is 0.409 e. The normalized spacial score (nSPS) is 11.2. The van der Waals surface area contributed by atoms with Crippen LogP contribution in [0.3, 0.4) is 0 Å². The lowest BCUT2D eigenvalue weighted by atomic mass is 10.1. The SMILES string of the molecule is Cc1ccccc1N(C)C(=O)c1ccc(C(N)=NO)cn1. The highest BCUT2D eigenvalue weighted by molar-refractivity contribution is 6.05. The number of amides is 1. The van der Waals surface area contributed by atoms with Crippen LogP contribution in [-0.4, -0.2) is 29.0 Å². The summed E-state index contributed by atoms with van der Waals surface area (Å²) < 4.78 is 0. The Labute approximate surface area is 122 Å². The summed E-state index contributed by atoms with van der Waals surface area (Å²) in [6, 6.07) is 10.7. The number of nitrogens with zero attached hydrogens (tertiary/aromatic N) is 3. The quantitative estimate of drug-likeness (QED) is 0.389. The lowest BCUT2D eigenvalue weighted by Gasteiger charge is -2.19. The third-order valence-electron chi connectivity index (χ3n) is 3.17. The van der Waals surface area contributed by atoms with Crippen molar-refractivity contribution in [1.82, 2.24) is 4.98 Å². The number of anilines is 1. The first kappa shape index (κ1) is 14.5. The number of nitrogens with two attached hydrogens (primary N) is 1. The Balaban J connectivity index is 2.26. The zero-order valence-corrected chi connectivity index (χ0v) is 11.8. The molecule has 2 aromatic rings. The molecule has 0 aliphatic rings. The molecule has 6 heteroatoms. The Kier molecular flexibility index (Phi) is 4.18. The number of carbonyl (C=O) groups is 1. The third-order valence-corrected chi connectivity index (χ3v) is 3.17. The molecule has 21 heavy (non-hydrogen) atoms. The number of carbonyl (C=O) groups excluding carboxylic acids is 1. The second kappa shape index (κ2) is 6.04. The molecule has 1 heterocycles. The molecule has 1 amide bonds. The van der Waals surface area contributed by atoms with Crippen LogP contribution in [0.25, 0.3) is 0 Å². The Hall–Kier alpha value is -2.89. The number of hydrogen-bond acceptors (Lipinski definition) is 4. The van der Waals surface area contributed by atoms with E-state index in [9.17, 15) is 4.79 Å². The van der Waals surface area contributed by atoms with E-state index in [2.05, 4.69) is 10.1 Å². The highest BCUT2D eigenvalue weighted by Crippen LogP contribution is 2.19. The summed E-state index contributed by atoms with van der Waals surface area (Å²) >= 11 is 0. The second-order valence-electron chi connectivity index (χ2n) is 4.57. The highest BCUT2D eigenvalue weighted by Gasteiger charge is 2.16. The Bertz CT molecular complexity index is 680. The molecule has 0 spiro atoms. The first-order valence-corrected chi connectivity index (χ1v) is 6.32. The van der Waals surface area contributed by atoms with E-state index in [1.54, 1.807) is 24.1 Å². The van der Waals surface area contributed by atoms with Gasteiger partial charge in [0, 0.05) is 24.5 Å². The molecule has 1 aromatic heterocycles. The van der Waals surface area contributed by atoms with Crippen molar-refractivity contribution in [1.29, 1.82) is 0 Å².